The van der Waals surface area contributed by atoms with Crippen LogP contribution in [0.25, 0.3) is 10.9 Å². The predicted octanol–water partition coefficient (Wildman–Crippen LogP) is 3.11. The first-order chi connectivity index (χ1) is 14.0. The fourth-order valence-electron chi connectivity index (χ4n) is 4.57. The van der Waals surface area contributed by atoms with Crippen LogP contribution in [0.2, 0.25) is 0 Å². The van der Waals surface area contributed by atoms with E-state index in [1.54, 1.807) is 18.2 Å². The third-order valence-corrected chi connectivity index (χ3v) is 6.06. The number of carbonyl (C=O) groups is 1. The molecular weight excluding hydrogens is 378 g/mol. The van der Waals surface area contributed by atoms with Crippen LogP contribution in [0.3, 0.4) is 0 Å². The number of fused-ring (bicyclic) bond motifs is 1. The summed E-state index contributed by atoms with van der Waals surface area (Å²) in [5, 5.41) is 10.2. The Morgan fingerprint density at radius 2 is 2.03 bits per heavy atom. The molecule has 1 aliphatic carbocycles. The number of alkyl halides is 2. The number of amides is 2. The van der Waals surface area contributed by atoms with E-state index in [-0.39, 0.29) is 12.1 Å². The zero-order valence-electron chi connectivity index (χ0n) is 16.7. The number of urea groups is 1. The number of hydrogen-bond donors (Lipinski definition) is 2. The number of aromatic nitrogens is 2. The van der Waals surface area contributed by atoms with Crippen molar-refractivity contribution in [2.45, 2.75) is 44.3 Å². The maximum Gasteiger partial charge on any atom is 0.333 e. The molecule has 2 atom stereocenters. The van der Waals surface area contributed by atoms with Crippen LogP contribution >= 0.6 is 0 Å². The lowest BCUT2D eigenvalue weighted by Crippen LogP contribution is -2.50. The second kappa shape index (κ2) is 8.62. The van der Waals surface area contributed by atoms with Gasteiger partial charge in [-0.1, -0.05) is 0 Å². The summed E-state index contributed by atoms with van der Waals surface area (Å²) in [5.41, 5.74) is 0.905. The molecule has 1 saturated heterocycles. The van der Waals surface area contributed by atoms with E-state index in [0.717, 1.165) is 51.9 Å². The number of likely N-dealkylation sites (N-methyl/N-ethyl adjacent to an activating group) is 1. The summed E-state index contributed by atoms with van der Waals surface area (Å²) in [6, 6.07) is 5.09. The Hall–Kier alpha value is -2.26. The van der Waals surface area contributed by atoms with Crippen LogP contribution in [0.5, 0.6) is 0 Å². The van der Waals surface area contributed by atoms with Gasteiger partial charge in [0.25, 0.3) is 0 Å². The predicted molar refractivity (Wildman–Crippen MR) is 108 cm³/mol. The number of benzene rings is 1. The highest BCUT2D eigenvalue weighted by molar-refractivity contribution is 5.92. The van der Waals surface area contributed by atoms with Crippen molar-refractivity contribution in [1.29, 1.82) is 0 Å². The van der Waals surface area contributed by atoms with Crippen molar-refractivity contribution < 1.29 is 13.6 Å². The molecule has 1 aliphatic heterocycles. The zero-order valence-corrected chi connectivity index (χ0v) is 16.7. The minimum Gasteiger partial charge on any atom is -0.334 e. The van der Waals surface area contributed by atoms with E-state index in [1.807, 2.05) is 0 Å². The number of nitrogens with one attached hydrogen (secondary N) is 2. The average molecular weight is 406 g/mol. The third-order valence-electron chi connectivity index (χ3n) is 6.06. The molecule has 0 spiro atoms. The van der Waals surface area contributed by atoms with Crippen molar-refractivity contribution in [3.63, 3.8) is 0 Å². The molecule has 1 saturated carbocycles. The Balaban J connectivity index is 1.38. The van der Waals surface area contributed by atoms with Crippen LogP contribution in [-0.2, 0) is 0 Å². The molecule has 0 bridgehead atoms. The molecular formula is C20H28F2N6O. The van der Waals surface area contributed by atoms with Gasteiger partial charge in [0, 0.05) is 36.2 Å². The molecule has 29 heavy (non-hydrogen) atoms. The maximum atomic E-state index is 12.9. The van der Waals surface area contributed by atoms with E-state index in [4.69, 9.17) is 0 Å². The lowest BCUT2D eigenvalue weighted by Gasteiger charge is -2.32. The Bertz CT molecular complexity index is 857. The van der Waals surface area contributed by atoms with Gasteiger partial charge in [-0.2, -0.15) is 13.9 Å². The smallest absolute Gasteiger partial charge is 0.333 e. The van der Waals surface area contributed by atoms with Gasteiger partial charge in [0.15, 0.2) is 0 Å². The monoisotopic (exact) mass is 406 g/mol. The second-order valence-corrected chi connectivity index (χ2v) is 8.04. The minimum absolute atomic E-state index is 0.128. The van der Waals surface area contributed by atoms with E-state index >= 15 is 0 Å². The fourth-order valence-corrected chi connectivity index (χ4v) is 4.57. The molecule has 7 nitrogen and oxygen atoms in total. The second-order valence-electron chi connectivity index (χ2n) is 8.04. The zero-order chi connectivity index (χ0) is 20.4. The molecule has 9 heteroatoms. The summed E-state index contributed by atoms with van der Waals surface area (Å²) in [6.45, 7) is 1.59. The third kappa shape index (κ3) is 4.51. The highest BCUT2D eigenvalue weighted by atomic mass is 19.3. The van der Waals surface area contributed by atoms with Crippen LogP contribution in [0, 0.1) is 0 Å². The molecule has 2 unspecified atom stereocenters. The molecule has 1 aromatic heterocycles. The number of hydrogen-bond acceptors (Lipinski definition) is 4. The number of halogens is 2. The van der Waals surface area contributed by atoms with Gasteiger partial charge in [-0.25, -0.2) is 9.48 Å². The van der Waals surface area contributed by atoms with E-state index < -0.39 is 6.55 Å². The first-order valence-corrected chi connectivity index (χ1v) is 10.3. The van der Waals surface area contributed by atoms with Gasteiger partial charge in [0.05, 0.1) is 11.7 Å². The summed E-state index contributed by atoms with van der Waals surface area (Å²) in [5.74, 6) is 0. The van der Waals surface area contributed by atoms with Crippen molar-refractivity contribution in [2.24, 2.45) is 0 Å². The normalized spacial score (nSPS) is 24.1. The maximum absolute atomic E-state index is 12.9. The van der Waals surface area contributed by atoms with Crippen LogP contribution < -0.4 is 10.6 Å². The van der Waals surface area contributed by atoms with Crippen LogP contribution in [0.4, 0.5) is 19.3 Å². The SMILES string of the molecule is CN1CCCN(C2CCCC2NC(=O)Nc2ccc3c(cnn3C(F)F)c2)CC1. The average Bonchev–Trinajstić information content (AvgIpc) is 3.25. The van der Waals surface area contributed by atoms with Gasteiger partial charge in [-0.15, -0.1) is 0 Å². The molecule has 2 aliphatic rings. The summed E-state index contributed by atoms with van der Waals surface area (Å²) in [4.78, 5) is 17.5. The van der Waals surface area contributed by atoms with Crippen LogP contribution in [0.1, 0.15) is 32.2 Å². The highest BCUT2D eigenvalue weighted by Gasteiger charge is 2.33. The number of rotatable bonds is 4. The van der Waals surface area contributed by atoms with E-state index in [9.17, 15) is 13.6 Å². The van der Waals surface area contributed by atoms with Gasteiger partial charge in [-0.3, -0.25) is 4.90 Å². The van der Waals surface area contributed by atoms with Crippen molar-refractivity contribution in [1.82, 2.24) is 24.9 Å². The summed E-state index contributed by atoms with van der Waals surface area (Å²) < 4.78 is 26.5. The molecule has 1 aromatic carbocycles. The standard InChI is InChI=1S/C20H28F2N6O/c1-26-8-3-9-27(11-10-26)18-5-2-4-16(18)25-20(29)24-15-6-7-17-14(12-15)13-23-28(17)19(21)22/h6-7,12-13,16,18-19H,2-5,8-11H2,1H3,(H2,24,25,29). The van der Waals surface area contributed by atoms with Crippen LogP contribution in [-0.4, -0.2) is 70.9 Å². The summed E-state index contributed by atoms with van der Waals surface area (Å²) >= 11 is 0. The van der Waals surface area contributed by atoms with Gasteiger partial charge in [-0.05, 0) is 64.0 Å². The Morgan fingerprint density at radius 1 is 1.17 bits per heavy atom. The summed E-state index contributed by atoms with van der Waals surface area (Å²) in [6.07, 6.45) is 5.73. The lowest BCUT2D eigenvalue weighted by atomic mass is 10.1. The van der Waals surface area contributed by atoms with Gasteiger partial charge in [0.1, 0.15) is 0 Å². The Morgan fingerprint density at radius 3 is 2.86 bits per heavy atom. The molecule has 2 aromatic rings. The molecule has 158 valence electrons. The highest BCUT2D eigenvalue weighted by Crippen LogP contribution is 2.26. The molecule has 2 heterocycles. The van der Waals surface area contributed by atoms with E-state index in [2.05, 4.69) is 32.6 Å². The first kappa shape index (κ1) is 20.0. The number of carbonyl (C=O) groups excluding carboxylic acids is 1. The van der Waals surface area contributed by atoms with Crippen LogP contribution in [0.15, 0.2) is 24.4 Å². The molecule has 2 fully saturated rings. The van der Waals surface area contributed by atoms with Gasteiger partial charge in [0.2, 0.25) is 0 Å². The van der Waals surface area contributed by atoms with Crippen molar-refractivity contribution >= 4 is 22.6 Å². The number of nitrogens with zero attached hydrogens (tertiary/aromatic N) is 4. The van der Waals surface area contributed by atoms with Crippen molar-refractivity contribution in [3.8, 4) is 0 Å². The number of anilines is 1. The van der Waals surface area contributed by atoms with E-state index in [0.29, 0.717) is 27.3 Å². The molecule has 2 amide bonds. The van der Waals surface area contributed by atoms with Crippen molar-refractivity contribution in [2.75, 3.05) is 38.5 Å². The lowest BCUT2D eigenvalue weighted by molar-refractivity contribution is 0.0615. The largest absolute Gasteiger partial charge is 0.334 e. The molecule has 4 rings (SSSR count). The van der Waals surface area contributed by atoms with Crippen molar-refractivity contribution in [3.05, 3.63) is 24.4 Å². The molecule has 2 N–H and O–H groups in total. The minimum atomic E-state index is -2.69. The van der Waals surface area contributed by atoms with Gasteiger partial charge >= 0.3 is 12.6 Å². The molecule has 0 radical (unpaired) electrons. The quantitative estimate of drug-likeness (QED) is 0.819. The fraction of sp³-hybridized carbons (Fsp3) is 0.600. The topological polar surface area (TPSA) is 65.4 Å². The van der Waals surface area contributed by atoms with E-state index in [1.165, 1.54) is 6.20 Å². The Kier molecular flexibility index (Phi) is 5.96. The Labute approximate surface area is 169 Å². The first-order valence-electron chi connectivity index (χ1n) is 10.3. The van der Waals surface area contributed by atoms with Gasteiger partial charge < -0.3 is 15.5 Å². The summed E-state index contributed by atoms with van der Waals surface area (Å²) in [7, 11) is 2.16.